The number of anilines is 1. The molecule has 2 rings (SSSR count). The van der Waals surface area contributed by atoms with Crippen molar-refractivity contribution in [1.82, 2.24) is 0 Å². The van der Waals surface area contributed by atoms with Gasteiger partial charge in [-0.1, -0.05) is 23.7 Å². The van der Waals surface area contributed by atoms with Crippen LogP contribution in [0.5, 0.6) is 0 Å². The summed E-state index contributed by atoms with van der Waals surface area (Å²) in [7, 11) is -4.35. The Bertz CT molecular complexity index is 699. The van der Waals surface area contributed by atoms with Gasteiger partial charge < -0.3 is 0 Å². The minimum atomic E-state index is -4.35. The van der Waals surface area contributed by atoms with Gasteiger partial charge >= 0.3 is 0 Å². The number of sulfonamides is 1. The molecule has 2 aromatic carbocycles. The maximum atomic E-state index is 13.4. The smallest absolute Gasteiger partial charge is 0.267 e. The second-order valence-corrected chi connectivity index (χ2v) is 5.72. The summed E-state index contributed by atoms with van der Waals surface area (Å²) in [6.45, 7) is 0. The molecule has 19 heavy (non-hydrogen) atoms. The van der Waals surface area contributed by atoms with E-state index in [0.29, 0.717) is 5.02 Å². The first-order valence-electron chi connectivity index (χ1n) is 5.12. The van der Waals surface area contributed by atoms with Crippen molar-refractivity contribution in [3.8, 4) is 0 Å². The summed E-state index contributed by atoms with van der Waals surface area (Å²) in [5, 5.41) is 0.300. The van der Waals surface area contributed by atoms with E-state index in [4.69, 9.17) is 11.6 Å². The molecule has 0 amide bonds. The van der Waals surface area contributed by atoms with E-state index in [2.05, 4.69) is 4.72 Å². The van der Waals surface area contributed by atoms with Crippen LogP contribution in [0, 0.1) is 11.6 Å². The molecule has 0 heterocycles. The van der Waals surface area contributed by atoms with E-state index in [1.54, 1.807) is 6.07 Å². The fourth-order valence-electron chi connectivity index (χ4n) is 1.50. The lowest BCUT2D eigenvalue weighted by atomic mass is 10.3. The Balaban J connectivity index is 2.44. The first-order valence-corrected chi connectivity index (χ1v) is 6.99. The number of hydrogen-bond donors (Lipinski definition) is 1. The van der Waals surface area contributed by atoms with Crippen molar-refractivity contribution in [2.24, 2.45) is 0 Å². The maximum absolute atomic E-state index is 13.4. The van der Waals surface area contributed by atoms with Crippen LogP contribution in [0.15, 0.2) is 47.4 Å². The molecule has 0 aliphatic carbocycles. The molecular formula is C12H8ClF2NO2S. The highest BCUT2D eigenvalue weighted by Crippen LogP contribution is 2.23. The number of hydrogen-bond acceptors (Lipinski definition) is 2. The van der Waals surface area contributed by atoms with Crippen molar-refractivity contribution in [2.75, 3.05) is 4.72 Å². The molecule has 0 unspecified atom stereocenters. The Morgan fingerprint density at radius 1 is 1.00 bits per heavy atom. The van der Waals surface area contributed by atoms with Gasteiger partial charge in [0.05, 0.1) is 5.69 Å². The van der Waals surface area contributed by atoms with Crippen LogP contribution in [-0.2, 0) is 10.0 Å². The minimum absolute atomic E-state index is 0.121. The maximum Gasteiger partial charge on any atom is 0.267 e. The van der Waals surface area contributed by atoms with E-state index in [1.807, 2.05) is 0 Å². The molecule has 0 radical (unpaired) electrons. The molecule has 7 heteroatoms. The normalized spacial score (nSPS) is 11.3. The summed E-state index contributed by atoms with van der Waals surface area (Å²) < 4.78 is 52.8. The number of halogens is 3. The zero-order valence-electron chi connectivity index (χ0n) is 9.40. The fraction of sp³-hybridized carbons (Fsp3) is 0. The third kappa shape index (κ3) is 3.02. The predicted molar refractivity (Wildman–Crippen MR) is 68.6 cm³/mol. The largest absolute Gasteiger partial charge is 0.279 e. The Kier molecular flexibility index (Phi) is 3.73. The molecule has 0 fully saturated rings. The monoisotopic (exact) mass is 303 g/mol. The van der Waals surface area contributed by atoms with Crippen molar-refractivity contribution in [1.29, 1.82) is 0 Å². The fourth-order valence-corrected chi connectivity index (χ4v) is 2.88. The van der Waals surface area contributed by atoms with Gasteiger partial charge in [-0.2, -0.15) is 0 Å². The van der Waals surface area contributed by atoms with Crippen LogP contribution >= 0.6 is 11.6 Å². The van der Waals surface area contributed by atoms with E-state index < -0.39 is 26.6 Å². The molecule has 0 saturated carbocycles. The molecule has 0 atom stereocenters. The number of benzene rings is 2. The molecule has 1 N–H and O–H groups in total. The van der Waals surface area contributed by atoms with Gasteiger partial charge in [0.25, 0.3) is 10.0 Å². The molecule has 0 bridgehead atoms. The summed E-state index contributed by atoms with van der Waals surface area (Å²) in [5.41, 5.74) is 0.121. The molecule has 0 aliphatic rings. The highest BCUT2D eigenvalue weighted by molar-refractivity contribution is 7.92. The highest BCUT2D eigenvalue weighted by atomic mass is 35.5. The van der Waals surface area contributed by atoms with Crippen LogP contribution in [0.1, 0.15) is 0 Å². The summed E-state index contributed by atoms with van der Waals surface area (Å²) >= 11 is 5.70. The standard InChI is InChI=1S/C12H8ClF2NO2S/c13-8-3-1-4-9(7-8)16-19(17,18)12-10(14)5-2-6-11(12)15/h1-7,16H. The van der Waals surface area contributed by atoms with Gasteiger partial charge in [-0.05, 0) is 30.3 Å². The van der Waals surface area contributed by atoms with Crippen LogP contribution in [0.2, 0.25) is 5.02 Å². The second kappa shape index (κ2) is 5.14. The summed E-state index contributed by atoms with van der Waals surface area (Å²) in [5.74, 6) is -2.32. The van der Waals surface area contributed by atoms with Gasteiger partial charge in [0.2, 0.25) is 0 Å². The van der Waals surface area contributed by atoms with E-state index in [1.165, 1.54) is 18.2 Å². The van der Waals surface area contributed by atoms with Crippen LogP contribution in [-0.4, -0.2) is 8.42 Å². The van der Waals surface area contributed by atoms with Crippen molar-refractivity contribution >= 4 is 27.3 Å². The van der Waals surface area contributed by atoms with Crippen LogP contribution in [0.4, 0.5) is 14.5 Å². The van der Waals surface area contributed by atoms with Gasteiger partial charge in [0, 0.05) is 5.02 Å². The van der Waals surface area contributed by atoms with E-state index in [-0.39, 0.29) is 5.69 Å². The van der Waals surface area contributed by atoms with Crippen molar-refractivity contribution in [2.45, 2.75) is 4.90 Å². The Morgan fingerprint density at radius 2 is 1.58 bits per heavy atom. The third-order valence-electron chi connectivity index (χ3n) is 2.26. The van der Waals surface area contributed by atoms with Gasteiger partial charge in [-0.3, -0.25) is 4.72 Å². The summed E-state index contributed by atoms with van der Waals surface area (Å²) in [6, 6.07) is 8.63. The first kappa shape index (κ1) is 13.8. The molecule has 0 aromatic heterocycles. The van der Waals surface area contributed by atoms with Gasteiger partial charge in [0.15, 0.2) is 4.90 Å². The topological polar surface area (TPSA) is 46.2 Å². The van der Waals surface area contributed by atoms with Crippen LogP contribution in [0.3, 0.4) is 0 Å². The van der Waals surface area contributed by atoms with Crippen LogP contribution < -0.4 is 4.72 Å². The highest BCUT2D eigenvalue weighted by Gasteiger charge is 2.23. The molecule has 3 nitrogen and oxygen atoms in total. The van der Waals surface area contributed by atoms with E-state index >= 15 is 0 Å². The number of rotatable bonds is 3. The average molecular weight is 304 g/mol. The predicted octanol–water partition coefficient (Wildman–Crippen LogP) is 3.42. The average Bonchev–Trinajstić information content (AvgIpc) is 2.27. The Morgan fingerprint density at radius 3 is 2.16 bits per heavy atom. The molecule has 2 aromatic rings. The van der Waals surface area contributed by atoms with Crippen molar-refractivity contribution in [3.05, 3.63) is 59.1 Å². The van der Waals surface area contributed by atoms with Crippen molar-refractivity contribution in [3.63, 3.8) is 0 Å². The lowest BCUT2D eigenvalue weighted by Gasteiger charge is -2.09. The molecule has 0 spiro atoms. The molecule has 100 valence electrons. The van der Waals surface area contributed by atoms with Gasteiger partial charge in [-0.15, -0.1) is 0 Å². The van der Waals surface area contributed by atoms with Crippen molar-refractivity contribution < 1.29 is 17.2 Å². The third-order valence-corrected chi connectivity index (χ3v) is 3.93. The number of nitrogens with one attached hydrogen (secondary N) is 1. The molecular weight excluding hydrogens is 296 g/mol. The van der Waals surface area contributed by atoms with E-state index in [0.717, 1.165) is 18.2 Å². The molecule has 0 saturated heterocycles. The molecule has 0 aliphatic heterocycles. The Labute approximate surface area is 113 Å². The van der Waals surface area contributed by atoms with E-state index in [9.17, 15) is 17.2 Å². The summed E-state index contributed by atoms with van der Waals surface area (Å²) in [4.78, 5) is -1.02. The first-order chi connectivity index (χ1) is 8.90. The quantitative estimate of drug-likeness (QED) is 0.944. The lowest BCUT2D eigenvalue weighted by molar-refractivity contribution is 0.521. The zero-order valence-corrected chi connectivity index (χ0v) is 11.0. The summed E-state index contributed by atoms with van der Waals surface area (Å²) in [6.07, 6.45) is 0. The zero-order chi connectivity index (χ0) is 14.0. The lowest BCUT2D eigenvalue weighted by Crippen LogP contribution is -2.16. The van der Waals surface area contributed by atoms with Crippen LogP contribution in [0.25, 0.3) is 0 Å². The minimum Gasteiger partial charge on any atom is -0.279 e. The Hall–Kier alpha value is -1.66. The second-order valence-electron chi connectivity index (χ2n) is 3.67. The van der Waals surface area contributed by atoms with Gasteiger partial charge in [-0.25, -0.2) is 17.2 Å². The van der Waals surface area contributed by atoms with Gasteiger partial charge in [0.1, 0.15) is 11.6 Å². The SMILES string of the molecule is O=S(=O)(Nc1cccc(Cl)c1)c1c(F)cccc1F.